The third kappa shape index (κ3) is 3.30. The molecule has 0 fully saturated rings. The maximum Gasteiger partial charge on any atom is 0.0884 e. The number of methoxy groups -OCH3 is 1. The summed E-state index contributed by atoms with van der Waals surface area (Å²) in [6.07, 6.45) is 0.963. The third-order valence-corrected chi connectivity index (χ3v) is 3.31. The van der Waals surface area contributed by atoms with Crippen molar-refractivity contribution in [1.29, 1.82) is 0 Å². The molecule has 4 nitrogen and oxygen atoms in total. The Bertz CT molecular complexity index is 358. The maximum absolute atomic E-state index is 10.2. The zero-order valence-corrected chi connectivity index (χ0v) is 11.5. The quantitative estimate of drug-likeness (QED) is 0.824. The highest BCUT2D eigenvalue weighted by Crippen LogP contribution is 2.18. The van der Waals surface area contributed by atoms with Crippen molar-refractivity contribution in [3.8, 4) is 0 Å². The van der Waals surface area contributed by atoms with Gasteiger partial charge in [-0.2, -0.15) is 5.10 Å². The Balaban J connectivity index is 2.83. The molecule has 1 aromatic rings. The van der Waals surface area contributed by atoms with Crippen LogP contribution >= 0.6 is 0 Å². The summed E-state index contributed by atoms with van der Waals surface area (Å²) in [5.74, 6) is 0. The molecule has 1 unspecified atom stereocenters. The predicted molar refractivity (Wildman–Crippen MR) is 68.1 cm³/mol. The van der Waals surface area contributed by atoms with Gasteiger partial charge in [0.1, 0.15) is 0 Å². The molecule has 1 aromatic heterocycles. The number of hydrogen-bond acceptors (Lipinski definition) is 3. The van der Waals surface area contributed by atoms with Gasteiger partial charge < -0.3 is 9.84 Å². The number of rotatable bonds is 6. The average molecular weight is 240 g/mol. The van der Waals surface area contributed by atoms with Gasteiger partial charge in [-0.3, -0.25) is 4.68 Å². The standard InChI is InChI=1S/C13H24N2O2/c1-6-10-8-11(15(7-2)14-10)9-12(16)13(3,4)17-5/h8,12,16H,6-7,9H2,1-5H3. The second kappa shape index (κ2) is 5.65. The van der Waals surface area contributed by atoms with Crippen molar-refractivity contribution < 1.29 is 9.84 Å². The fourth-order valence-electron chi connectivity index (χ4n) is 1.71. The van der Waals surface area contributed by atoms with Gasteiger partial charge in [0.05, 0.1) is 17.4 Å². The van der Waals surface area contributed by atoms with Crippen molar-refractivity contribution >= 4 is 0 Å². The van der Waals surface area contributed by atoms with Crippen molar-refractivity contribution in [3.63, 3.8) is 0 Å². The summed E-state index contributed by atoms with van der Waals surface area (Å²) in [6, 6.07) is 2.07. The Morgan fingerprint density at radius 1 is 1.47 bits per heavy atom. The van der Waals surface area contributed by atoms with Crippen molar-refractivity contribution in [1.82, 2.24) is 9.78 Å². The molecule has 0 saturated carbocycles. The molecule has 1 rings (SSSR count). The lowest BCUT2D eigenvalue weighted by molar-refractivity contribution is -0.0771. The Labute approximate surface area is 104 Å². The first-order valence-corrected chi connectivity index (χ1v) is 6.23. The van der Waals surface area contributed by atoms with Crippen LogP contribution in [0.2, 0.25) is 0 Å². The second-order valence-electron chi connectivity index (χ2n) is 4.82. The van der Waals surface area contributed by atoms with E-state index in [0.29, 0.717) is 6.42 Å². The molecule has 0 aliphatic rings. The first kappa shape index (κ1) is 14.2. The molecular weight excluding hydrogens is 216 g/mol. The summed E-state index contributed by atoms with van der Waals surface area (Å²) < 4.78 is 7.25. The number of aromatic nitrogens is 2. The summed E-state index contributed by atoms with van der Waals surface area (Å²) >= 11 is 0. The van der Waals surface area contributed by atoms with Gasteiger partial charge in [-0.15, -0.1) is 0 Å². The second-order valence-corrected chi connectivity index (χ2v) is 4.82. The van der Waals surface area contributed by atoms with Crippen molar-refractivity contribution in [3.05, 3.63) is 17.5 Å². The van der Waals surface area contributed by atoms with E-state index in [4.69, 9.17) is 4.74 Å². The van der Waals surface area contributed by atoms with Crippen LogP contribution in [0.3, 0.4) is 0 Å². The van der Waals surface area contributed by atoms with Gasteiger partial charge in [-0.05, 0) is 33.3 Å². The highest BCUT2D eigenvalue weighted by atomic mass is 16.5. The molecule has 0 aliphatic carbocycles. The van der Waals surface area contributed by atoms with Crippen LogP contribution < -0.4 is 0 Å². The first-order valence-electron chi connectivity index (χ1n) is 6.23. The monoisotopic (exact) mass is 240 g/mol. The van der Waals surface area contributed by atoms with E-state index < -0.39 is 11.7 Å². The van der Waals surface area contributed by atoms with Gasteiger partial charge >= 0.3 is 0 Å². The summed E-state index contributed by atoms with van der Waals surface area (Å²) in [5, 5.41) is 14.6. The summed E-state index contributed by atoms with van der Waals surface area (Å²) in [7, 11) is 1.62. The Morgan fingerprint density at radius 3 is 2.59 bits per heavy atom. The minimum Gasteiger partial charge on any atom is -0.390 e. The zero-order chi connectivity index (χ0) is 13.1. The number of aryl methyl sites for hydroxylation is 2. The van der Waals surface area contributed by atoms with Crippen molar-refractivity contribution in [2.24, 2.45) is 0 Å². The summed E-state index contributed by atoms with van der Waals surface area (Å²) in [5.41, 5.74) is 1.61. The minimum atomic E-state index is -0.533. The zero-order valence-electron chi connectivity index (χ0n) is 11.5. The molecule has 17 heavy (non-hydrogen) atoms. The van der Waals surface area contributed by atoms with Crippen LogP contribution in [0.25, 0.3) is 0 Å². The van der Waals surface area contributed by atoms with E-state index in [2.05, 4.69) is 25.0 Å². The van der Waals surface area contributed by atoms with Gasteiger partial charge in [0, 0.05) is 25.8 Å². The molecule has 0 amide bonds. The molecule has 1 N–H and O–H groups in total. The molecule has 0 aliphatic heterocycles. The fourth-order valence-corrected chi connectivity index (χ4v) is 1.71. The van der Waals surface area contributed by atoms with Gasteiger partial charge in [-0.1, -0.05) is 6.92 Å². The number of ether oxygens (including phenoxy) is 1. The van der Waals surface area contributed by atoms with Crippen LogP contribution in [0.15, 0.2) is 6.07 Å². The van der Waals surface area contributed by atoms with E-state index in [0.717, 1.165) is 24.4 Å². The average Bonchev–Trinajstić information content (AvgIpc) is 2.71. The number of hydrogen-bond donors (Lipinski definition) is 1. The lowest BCUT2D eigenvalue weighted by atomic mass is 9.97. The Hall–Kier alpha value is -0.870. The molecular formula is C13H24N2O2. The molecule has 98 valence electrons. The smallest absolute Gasteiger partial charge is 0.0884 e. The summed E-state index contributed by atoms with van der Waals surface area (Å²) in [6.45, 7) is 8.76. The number of aliphatic hydroxyl groups is 1. The minimum absolute atomic E-state index is 0.529. The van der Waals surface area contributed by atoms with Gasteiger partial charge in [0.2, 0.25) is 0 Å². The van der Waals surface area contributed by atoms with Gasteiger partial charge in [-0.25, -0.2) is 0 Å². The van der Waals surface area contributed by atoms with Crippen LogP contribution in [0.5, 0.6) is 0 Å². The number of aliphatic hydroxyl groups excluding tert-OH is 1. The van der Waals surface area contributed by atoms with Crippen molar-refractivity contribution in [2.75, 3.05) is 7.11 Å². The maximum atomic E-state index is 10.2. The van der Waals surface area contributed by atoms with E-state index in [1.807, 2.05) is 18.5 Å². The number of nitrogens with zero attached hydrogens (tertiary/aromatic N) is 2. The van der Waals surface area contributed by atoms with Crippen LogP contribution in [0, 0.1) is 0 Å². The lowest BCUT2D eigenvalue weighted by Crippen LogP contribution is -2.39. The van der Waals surface area contributed by atoms with E-state index in [1.165, 1.54) is 0 Å². The Kier molecular flexibility index (Phi) is 4.71. The van der Waals surface area contributed by atoms with Crippen LogP contribution in [-0.2, 0) is 24.1 Å². The molecule has 0 bridgehead atoms. The predicted octanol–water partition coefficient (Wildman–Crippen LogP) is 1.79. The van der Waals surface area contributed by atoms with E-state index in [-0.39, 0.29) is 0 Å². The van der Waals surface area contributed by atoms with Gasteiger partial charge in [0.25, 0.3) is 0 Å². The van der Waals surface area contributed by atoms with Crippen LogP contribution in [-0.4, -0.2) is 33.7 Å². The van der Waals surface area contributed by atoms with E-state index in [1.54, 1.807) is 7.11 Å². The van der Waals surface area contributed by atoms with Gasteiger partial charge in [0.15, 0.2) is 0 Å². The highest BCUT2D eigenvalue weighted by molar-refractivity contribution is 5.12. The molecule has 0 saturated heterocycles. The topological polar surface area (TPSA) is 47.3 Å². The molecule has 1 atom stereocenters. The van der Waals surface area contributed by atoms with Crippen molar-refractivity contribution in [2.45, 2.75) is 58.8 Å². The lowest BCUT2D eigenvalue weighted by Gasteiger charge is -2.29. The third-order valence-electron chi connectivity index (χ3n) is 3.31. The van der Waals surface area contributed by atoms with E-state index >= 15 is 0 Å². The normalized spacial score (nSPS) is 14.0. The molecule has 0 spiro atoms. The fraction of sp³-hybridized carbons (Fsp3) is 0.769. The highest BCUT2D eigenvalue weighted by Gasteiger charge is 2.28. The summed E-state index contributed by atoms with van der Waals surface area (Å²) in [4.78, 5) is 0. The van der Waals surface area contributed by atoms with Crippen LogP contribution in [0.4, 0.5) is 0 Å². The van der Waals surface area contributed by atoms with Crippen LogP contribution in [0.1, 0.15) is 39.1 Å². The first-order chi connectivity index (χ1) is 7.94. The van der Waals surface area contributed by atoms with E-state index in [9.17, 15) is 5.11 Å². The molecule has 0 aromatic carbocycles. The molecule has 4 heteroatoms. The largest absolute Gasteiger partial charge is 0.390 e. The Morgan fingerprint density at radius 2 is 2.12 bits per heavy atom. The molecule has 0 radical (unpaired) electrons. The SMILES string of the molecule is CCc1cc(CC(O)C(C)(C)OC)n(CC)n1. The molecule has 1 heterocycles.